The quantitative estimate of drug-likeness (QED) is 0.865. The number of likely N-dealkylation sites (N-methyl/N-ethyl adjacent to an activating group) is 1. The summed E-state index contributed by atoms with van der Waals surface area (Å²) < 4.78 is 0. The summed E-state index contributed by atoms with van der Waals surface area (Å²) in [7, 11) is 1.92. The van der Waals surface area contributed by atoms with Crippen molar-refractivity contribution in [2.75, 3.05) is 25.5 Å². The smallest absolute Gasteiger partial charge is 0.330 e. The van der Waals surface area contributed by atoms with Crippen molar-refractivity contribution in [1.29, 1.82) is 0 Å². The summed E-state index contributed by atoms with van der Waals surface area (Å²) in [5, 5.41) is 13.1. The minimum Gasteiger partial charge on any atom is -0.479 e. The average Bonchev–Trinajstić information content (AvgIpc) is 2.61. The highest BCUT2D eigenvalue weighted by Crippen LogP contribution is 2.27. The van der Waals surface area contributed by atoms with Crippen LogP contribution < -0.4 is 5.32 Å². The van der Waals surface area contributed by atoms with Gasteiger partial charge in [-0.2, -0.15) is 0 Å². The van der Waals surface area contributed by atoms with E-state index >= 15 is 0 Å². The van der Waals surface area contributed by atoms with Gasteiger partial charge in [0.2, 0.25) is 0 Å². The van der Waals surface area contributed by atoms with Crippen LogP contribution in [-0.2, 0) is 4.79 Å². The molecule has 1 aliphatic rings. The van der Waals surface area contributed by atoms with Crippen molar-refractivity contribution in [3.05, 3.63) is 29.3 Å². The van der Waals surface area contributed by atoms with E-state index in [4.69, 9.17) is 11.6 Å². The fraction of sp³-hybridized carbons (Fsp3) is 0.417. The number of aliphatic carboxylic acids is 1. The highest BCUT2D eigenvalue weighted by atomic mass is 35.5. The molecule has 0 aliphatic carbocycles. The monoisotopic (exact) mass is 254 g/mol. The van der Waals surface area contributed by atoms with E-state index in [2.05, 4.69) is 5.32 Å². The molecule has 0 amide bonds. The number of likely N-dealkylation sites (tertiary alicyclic amines) is 1. The van der Waals surface area contributed by atoms with Gasteiger partial charge in [0.15, 0.2) is 0 Å². The number of hydrogen-bond acceptors (Lipinski definition) is 3. The van der Waals surface area contributed by atoms with E-state index < -0.39 is 11.5 Å². The molecule has 1 unspecified atom stereocenters. The van der Waals surface area contributed by atoms with Gasteiger partial charge in [0, 0.05) is 23.8 Å². The van der Waals surface area contributed by atoms with Crippen molar-refractivity contribution in [2.45, 2.75) is 12.0 Å². The molecule has 0 aromatic heterocycles. The zero-order valence-electron chi connectivity index (χ0n) is 9.61. The van der Waals surface area contributed by atoms with Gasteiger partial charge in [-0.1, -0.05) is 17.7 Å². The number of hydrogen-bond donors (Lipinski definition) is 2. The molecule has 1 fully saturated rings. The van der Waals surface area contributed by atoms with E-state index in [1.54, 1.807) is 18.2 Å². The van der Waals surface area contributed by atoms with Crippen LogP contribution in [0, 0.1) is 0 Å². The normalized spacial score (nSPS) is 24.8. The molecule has 0 spiro atoms. The zero-order valence-corrected chi connectivity index (χ0v) is 10.4. The van der Waals surface area contributed by atoms with Crippen LogP contribution in [-0.4, -0.2) is 41.7 Å². The van der Waals surface area contributed by atoms with Crippen molar-refractivity contribution in [1.82, 2.24) is 4.90 Å². The standard InChI is InChI=1S/C12H15ClN2O2/c1-15-6-5-12(8-15,11(16)17)14-10-4-2-3-9(13)7-10/h2-4,7,14H,5-6,8H2,1H3,(H,16,17). The second kappa shape index (κ2) is 4.55. The number of halogens is 1. The Morgan fingerprint density at radius 1 is 1.59 bits per heavy atom. The van der Waals surface area contributed by atoms with Crippen molar-refractivity contribution < 1.29 is 9.90 Å². The number of nitrogens with zero attached hydrogens (tertiary/aromatic N) is 1. The number of anilines is 1. The van der Waals surface area contributed by atoms with E-state index in [9.17, 15) is 9.90 Å². The van der Waals surface area contributed by atoms with Crippen molar-refractivity contribution in [3.8, 4) is 0 Å². The van der Waals surface area contributed by atoms with E-state index in [1.165, 1.54) is 0 Å². The molecular weight excluding hydrogens is 240 g/mol. The Morgan fingerprint density at radius 2 is 2.35 bits per heavy atom. The molecule has 4 nitrogen and oxygen atoms in total. The maximum Gasteiger partial charge on any atom is 0.330 e. The largest absolute Gasteiger partial charge is 0.479 e. The third-order valence-electron chi connectivity index (χ3n) is 3.08. The van der Waals surface area contributed by atoms with Crippen molar-refractivity contribution in [3.63, 3.8) is 0 Å². The number of carboxylic acid groups (broad SMARTS) is 1. The van der Waals surface area contributed by atoms with Crippen LogP contribution in [0.5, 0.6) is 0 Å². The van der Waals surface area contributed by atoms with Crippen molar-refractivity contribution >= 4 is 23.3 Å². The topological polar surface area (TPSA) is 52.6 Å². The molecule has 1 aromatic rings. The Bertz CT molecular complexity index is 438. The number of rotatable bonds is 3. The van der Waals surface area contributed by atoms with Gasteiger partial charge in [-0.3, -0.25) is 0 Å². The lowest BCUT2D eigenvalue weighted by atomic mass is 9.98. The SMILES string of the molecule is CN1CCC(Nc2cccc(Cl)c2)(C(=O)O)C1. The van der Waals surface area contributed by atoms with E-state index in [0.29, 0.717) is 18.0 Å². The Hall–Kier alpha value is -1.26. The van der Waals surface area contributed by atoms with Gasteiger partial charge in [-0.25, -0.2) is 4.79 Å². The molecule has 1 aromatic carbocycles. The highest BCUT2D eigenvalue weighted by Gasteiger charge is 2.43. The van der Waals surface area contributed by atoms with Crippen LogP contribution in [0.15, 0.2) is 24.3 Å². The molecule has 1 saturated heterocycles. The molecule has 5 heteroatoms. The second-order valence-electron chi connectivity index (χ2n) is 4.51. The van der Waals surface area contributed by atoms with Crippen LogP contribution in [0.3, 0.4) is 0 Å². The number of benzene rings is 1. The Morgan fingerprint density at radius 3 is 2.88 bits per heavy atom. The molecule has 92 valence electrons. The third-order valence-corrected chi connectivity index (χ3v) is 3.31. The van der Waals surface area contributed by atoms with Gasteiger partial charge in [-0.05, 0) is 31.7 Å². The van der Waals surface area contributed by atoms with Gasteiger partial charge < -0.3 is 15.3 Å². The fourth-order valence-corrected chi connectivity index (χ4v) is 2.36. The summed E-state index contributed by atoms with van der Waals surface area (Å²) in [5.74, 6) is -0.818. The first-order chi connectivity index (χ1) is 8.02. The van der Waals surface area contributed by atoms with E-state index in [-0.39, 0.29) is 0 Å². The lowest BCUT2D eigenvalue weighted by Gasteiger charge is -2.26. The molecule has 2 rings (SSSR count). The summed E-state index contributed by atoms with van der Waals surface area (Å²) in [6, 6.07) is 7.14. The predicted molar refractivity (Wildman–Crippen MR) is 67.6 cm³/mol. The van der Waals surface area contributed by atoms with Gasteiger partial charge in [0.25, 0.3) is 0 Å². The highest BCUT2D eigenvalue weighted by molar-refractivity contribution is 6.30. The third kappa shape index (κ3) is 2.53. The number of nitrogens with one attached hydrogen (secondary N) is 1. The summed E-state index contributed by atoms with van der Waals surface area (Å²) in [5.41, 5.74) is -0.158. The first-order valence-electron chi connectivity index (χ1n) is 5.47. The summed E-state index contributed by atoms with van der Waals surface area (Å²) in [4.78, 5) is 13.4. The molecule has 1 heterocycles. The molecule has 0 bridgehead atoms. The molecule has 1 aliphatic heterocycles. The zero-order chi connectivity index (χ0) is 12.5. The van der Waals surface area contributed by atoms with Gasteiger partial charge in [0.05, 0.1) is 0 Å². The molecular formula is C12H15ClN2O2. The second-order valence-corrected chi connectivity index (χ2v) is 4.95. The Kier molecular flexibility index (Phi) is 3.26. The number of carboxylic acids is 1. The Labute approximate surface area is 105 Å². The first-order valence-corrected chi connectivity index (χ1v) is 5.85. The Balaban J connectivity index is 2.22. The minimum atomic E-state index is -0.903. The number of carbonyl (C=O) groups is 1. The maximum absolute atomic E-state index is 11.4. The van der Waals surface area contributed by atoms with Crippen LogP contribution in [0.2, 0.25) is 5.02 Å². The van der Waals surface area contributed by atoms with Crippen LogP contribution in [0.25, 0.3) is 0 Å². The molecule has 0 saturated carbocycles. The van der Waals surface area contributed by atoms with Gasteiger partial charge in [0.1, 0.15) is 5.54 Å². The van der Waals surface area contributed by atoms with Crippen molar-refractivity contribution in [2.24, 2.45) is 0 Å². The summed E-state index contributed by atoms with van der Waals surface area (Å²) in [6.07, 6.45) is 0.589. The summed E-state index contributed by atoms with van der Waals surface area (Å²) >= 11 is 5.89. The van der Waals surface area contributed by atoms with Crippen LogP contribution >= 0.6 is 11.6 Å². The fourth-order valence-electron chi connectivity index (χ4n) is 2.17. The summed E-state index contributed by atoms with van der Waals surface area (Å²) in [6.45, 7) is 1.27. The van der Waals surface area contributed by atoms with Crippen LogP contribution in [0.4, 0.5) is 5.69 Å². The molecule has 0 radical (unpaired) electrons. The average molecular weight is 255 g/mol. The molecule has 2 N–H and O–H groups in total. The van der Waals surface area contributed by atoms with Crippen LogP contribution in [0.1, 0.15) is 6.42 Å². The minimum absolute atomic E-state index is 0.495. The van der Waals surface area contributed by atoms with Gasteiger partial charge >= 0.3 is 5.97 Å². The van der Waals surface area contributed by atoms with Gasteiger partial charge in [-0.15, -0.1) is 0 Å². The lowest BCUT2D eigenvalue weighted by molar-refractivity contribution is -0.141. The maximum atomic E-state index is 11.4. The molecule has 1 atom stereocenters. The lowest BCUT2D eigenvalue weighted by Crippen LogP contribution is -2.48. The molecule has 17 heavy (non-hydrogen) atoms. The van der Waals surface area contributed by atoms with E-state index in [0.717, 1.165) is 12.2 Å². The predicted octanol–water partition coefficient (Wildman–Crippen LogP) is 1.91. The van der Waals surface area contributed by atoms with E-state index in [1.807, 2.05) is 18.0 Å². The first kappa shape index (κ1) is 12.2.